The molecule has 1 fully saturated rings. The number of nitrogens with one attached hydrogen (secondary N) is 1. The van der Waals surface area contributed by atoms with Gasteiger partial charge in [0.1, 0.15) is 5.78 Å². The summed E-state index contributed by atoms with van der Waals surface area (Å²) in [5.41, 5.74) is 0. The number of rotatable bonds is 8. The molecule has 94 valence electrons. The van der Waals surface area contributed by atoms with E-state index in [1.165, 1.54) is 38.6 Å². The highest BCUT2D eigenvalue weighted by atomic mass is 16.1. The fourth-order valence-electron chi connectivity index (χ4n) is 2.41. The average molecular weight is 225 g/mol. The van der Waals surface area contributed by atoms with E-state index in [0.29, 0.717) is 5.78 Å². The van der Waals surface area contributed by atoms with Crippen LogP contribution >= 0.6 is 0 Å². The quantitative estimate of drug-likeness (QED) is 0.642. The maximum atomic E-state index is 11.6. The van der Waals surface area contributed by atoms with E-state index in [1.807, 2.05) is 0 Å². The van der Waals surface area contributed by atoms with Gasteiger partial charge in [0, 0.05) is 12.8 Å². The Morgan fingerprint density at radius 2 is 2.12 bits per heavy atom. The predicted octanol–water partition coefficient (Wildman–Crippen LogP) is 3.31. The lowest BCUT2D eigenvalue weighted by molar-refractivity contribution is -0.119. The summed E-state index contributed by atoms with van der Waals surface area (Å²) in [6, 6.07) is 0. The highest BCUT2D eigenvalue weighted by molar-refractivity contribution is 5.78. The van der Waals surface area contributed by atoms with Crippen LogP contribution in [0.3, 0.4) is 0 Å². The van der Waals surface area contributed by atoms with Crippen molar-refractivity contribution in [1.29, 1.82) is 0 Å². The SMILES string of the molecule is CCCCCCC(=O)CCC1CCCNC1. The van der Waals surface area contributed by atoms with Gasteiger partial charge in [0.05, 0.1) is 0 Å². The third-order valence-corrected chi connectivity index (χ3v) is 3.54. The fraction of sp³-hybridized carbons (Fsp3) is 0.929. The number of unbranched alkanes of at least 4 members (excludes halogenated alkanes) is 3. The zero-order valence-electron chi connectivity index (χ0n) is 10.8. The van der Waals surface area contributed by atoms with E-state index >= 15 is 0 Å². The Labute approximate surface area is 100 Å². The maximum absolute atomic E-state index is 11.6. The number of Topliss-reactive ketones (excluding diaryl/α,β-unsaturated/α-hetero) is 1. The molecule has 0 bridgehead atoms. The van der Waals surface area contributed by atoms with Gasteiger partial charge in [-0.2, -0.15) is 0 Å². The molecule has 0 aromatic carbocycles. The van der Waals surface area contributed by atoms with Crippen LogP contribution < -0.4 is 5.32 Å². The molecule has 1 rings (SSSR count). The van der Waals surface area contributed by atoms with Crippen LogP contribution in [0.1, 0.15) is 64.7 Å². The van der Waals surface area contributed by atoms with Crippen LogP contribution in [-0.4, -0.2) is 18.9 Å². The first-order valence-electron chi connectivity index (χ1n) is 7.05. The van der Waals surface area contributed by atoms with Crippen molar-refractivity contribution in [2.45, 2.75) is 64.7 Å². The molecule has 0 saturated carbocycles. The number of ketones is 1. The molecular formula is C14H27NO. The minimum Gasteiger partial charge on any atom is -0.316 e. The van der Waals surface area contributed by atoms with Crippen molar-refractivity contribution in [2.24, 2.45) is 5.92 Å². The lowest BCUT2D eigenvalue weighted by atomic mass is 9.93. The van der Waals surface area contributed by atoms with Crippen molar-refractivity contribution in [3.63, 3.8) is 0 Å². The Balaban J connectivity index is 1.96. The first-order valence-corrected chi connectivity index (χ1v) is 7.05. The lowest BCUT2D eigenvalue weighted by Crippen LogP contribution is -2.29. The Morgan fingerprint density at radius 1 is 1.25 bits per heavy atom. The molecule has 0 aliphatic carbocycles. The predicted molar refractivity (Wildman–Crippen MR) is 68.6 cm³/mol. The monoisotopic (exact) mass is 225 g/mol. The van der Waals surface area contributed by atoms with Crippen molar-refractivity contribution in [3.05, 3.63) is 0 Å². The highest BCUT2D eigenvalue weighted by Gasteiger charge is 2.14. The first-order chi connectivity index (χ1) is 7.83. The Hall–Kier alpha value is -0.370. The molecule has 16 heavy (non-hydrogen) atoms. The van der Waals surface area contributed by atoms with Crippen molar-refractivity contribution in [3.8, 4) is 0 Å². The normalized spacial score (nSPS) is 20.9. The number of carbonyl (C=O) groups is 1. The van der Waals surface area contributed by atoms with Crippen molar-refractivity contribution >= 4 is 5.78 Å². The zero-order valence-corrected chi connectivity index (χ0v) is 10.8. The molecule has 1 heterocycles. The molecular weight excluding hydrogens is 198 g/mol. The van der Waals surface area contributed by atoms with Crippen LogP contribution in [0.4, 0.5) is 0 Å². The Morgan fingerprint density at radius 3 is 2.81 bits per heavy atom. The second-order valence-electron chi connectivity index (χ2n) is 5.10. The molecule has 0 spiro atoms. The van der Waals surface area contributed by atoms with Gasteiger partial charge < -0.3 is 5.32 Å². The summed E-state index contributed by atoms with van der Waals surface area (Å²) in [5.74, 6) is 1.25. The maximum Gasteiger partial charge on any atom is 0.132 e. The van der Waals surface area contributed by atoms with Gasteiger partial charge in [-0.05, 0) is 44.7 Å². The third-order valence-electron chi connectivity index (χ3n) is 3.54. The van der Waals surface area contributed by atoms with Gasteiger partial charge in [-0.1, -0.05) is 26.2 Å². The van der Waals surface area contributed by atoms with Crippen LogP contribution in [-0.2, 0) is 4.79 Å². The molecule has 0 amide bonds. The van der Waals surface area contributed by atoms with Gasteiger partial charge in [0.2, 0.25) is 0 Å². The van der Waals surface area contributed by atoms with Crippen LogP contribution in [0.2, 0.25) is 0 Å². The zero-order chi connectivity index (χ0) is 11.6. The molecule has 1 aliphatic heterocycles. The van der Waals surface area contributed by atoms with Crippen LogP contribution in [0.25, 0.3) is 0 Å². The largest absolute Gasteiger partial charge is 0.316 e. The number of hydrogen-bond donors (Lipinski definition) is 1. The summed E-state index contributed by atoms with van der Waals surface area (Å²) < 4.78 is 0. The Kier molecular flexibility index (Phi) is 7.48. The summed E-state index contributed by atoms with van der Waals surface area (Å²) in [6.07, 6.45) is 10.2. The van der Waals surface area contributed by atoms with E-state index in [1.54, 1.807) is 0 Å². The highest BCUT2D eigenvalue weighted by Crippen LogP contribution is 2.17. The molecule has 1 unspecified atom stereocenters. The molecule has 1 saturated heterocycles. The Bertz CT molecular complexity index is 185. The van der Waals surface area contributed by atoms with Gasteiger partial charge in [-0.25, -0.2) is 0 Å². The van der Waals surface area contributed by atoms with Crippen LogP contribution in [0.5, 0.6) is 0 Å². The fourth-order valence-corrected chi connectivity index (χ4v) is 2.41. The van der Waals surface area contributed by atoms with E-state index in [9.17, 15) is 4.79 Å². The second kappa shape index (κ2) is 8.74. The minimum atomic E-state index is 0.488. The standard InChI is InChI=1S/C14H27NO/c1-2-3-4-5-8-14(16)10-9-13-7-6-11-15-12-13/h13,15H,2-12H2,1H3. The molecule has 1 N–H and O–H groups in total. The molecule has 1 aliphatic rings. The number of hydrogen-bond acceptors (Lipinski definition) is 2. The van der Waals surface area contributed by atoms with Gasteiger partial charge in [0.25, 0.3) is 0 Å². The number of piperidine rings is 1. The van der Waals surface area contributed by atoms with E-state index in [2.05, 4.69) is 12.2 Å². The first kappa shape index (κ1) is 13.7. The summed E-state index contributed by atoms with van der Waals surface area (Å²) >= 11 is 0. The van der Waals surface area contributed by atoms with Crippen LogP contribution in [0.15, 0.2) is 0 Å². The van der Waals surface area contributed by atoms with Gasteiger partial charge in [-0.15, -0.1) is 0 Å². The molecule has 2 heteroatoms. The van der Waals surface area contributed by atoms with Crippen LogP contribution in [0, 0.1) is 5.92 Å². The van der Waals surface area contributed by atoms with E-state index in [-0.39, 0.29) is 0 Å². The lowest BCUT2D eigenvalue weighted by Gasteiger charge is -2.22. The average Bonchev–Trinajstić information content (AvgIpc) is 2.33. The van der Waals surface area contributed by atoms with E-state index in [0.717, 1.165) is 38.1 Å². The molecule has 0 aromatic heterocycles. The smallest absolute Gasteiger partial charge is 0.132 e. The molecule has 2 nitrogen and oxygen atoms in total. The van der Waals surface area contributed by atoms with Crippen molar-refractivity contribution in [1.82, 2.24) is 5.32 Å². The van der Waals surface area contributed by atoms with Crippen molar-refractivity contribution < 1.29 is 4.79 Å². The van der Waals surface area contributed by atoms with Crippen molar-refractivity contribution in [2.75, 3.05) is 13.1 Å². The van der Waals surface area contributed by atoms with Gasteiger partial charge >= 0.3 is 0 Å². The molecule has 0 radical (unpaired) electrons. The second-order valence-corrected chi connectivity index (χ2v) is 5.10. The summed E-state index contributed by atoms with van der Waals surface area (Å²) in [7, 11) is 0. The minimum absolute atomic E-state index is 0.488. The summed E-state index contributed by atoms with van der Waals surface area (Å²) in [6.45, 7) is 4.50. The van der Waals surface area contributed by atoms with E-state index < -0.39 is 0 Å². The van der Waals surface area contributed by atoms with Gasteiger partial charge in [-0.3, -0.25) is 4.79 Å². The number of carbonyl (C=O) groups excluding carboxylic acids is 1. The molecule has 0 aromatic rings. The topological polar surface area (TPSA) is 29.1 Å². The third kappa shape index (κ3) is 6.26. The van der Waals surface area contributed by atoms with Gasteiger partial charge in [0.15, 0.2) is 0 Å². The van der Waals surface area contributed by atoms with E-state index in [4.69, 9.17) is 0 Å². The summed E-state index contributed by atoms with van der Waals surface area (Å²) in [4.78, 5) is 11.6. The molecule has 1 atom stereocenters. The summed E-state index contributed by atoms with van der Waals surface area (Å²) in [5, 5.41) is 3.41.